The predicted octanol–water partition coefficient (Wildman–Crippen LogP) is 6.06. The minimum Gasteiger partial charge on any atom is -0.443 e. The van der Waals surface area contributed by atoms with Gasteiger partial charge in [-0.3, -0.25) is 0 Å². The van der Waals surface area contributed by atoms with E-state index < -0.39 is 18.3 Å². The highest BCUT2D eigenvalue weighted by molar-refractivity contribution is 7.13. The van der Waals surface area contributed by atoms with Crippen molar-refractivity contribution in [3.05, 3.63) is 38.7 Å². The Morgan fingerprint density at radius 3 is 2.74 bits per heavy atom. The van der Waals surface area contributed by atoms with Gasteiger partial charge in [0, 0.05) is 12.6 Å². The second-order valence-electron chi connectivity index (χ2n) is 5.89. The molecular weight excluding hydrogens is 480 g/mol. The summed E-state index contributed by atoms with van der Waals surface area (Å²) in [6, 6.07) is 2.27. The van der Waals surface area contributed by atoms with E-state index >= 15 is 0 Å². The first-order valence-corrected chi connectivity index (χ1v) is 10.3. The van der Waals surface area contributed by atoms with Gasteiger partial charge in [0.25, 0.3) is 0 Å². The first-order chi connectivity index (χ1) is 14.7. The van der Waals surface area contributed by atoms with Crippen molar-refractivity contribution in [2.75, 3.05) is 6.61 Å². The van der Waals surface area contributed by atoms with Crippen molar-refractivity contribution in [1.29, 1.82) is 0 Å². The zero-order valence-electron chi connectivity index (χ0n) is 16.3. The van der Waals surface area contributed by atoms with Crippen LogP contribution in [-0.2, 0) is 11.9 Å². The molecule has 0 amide bonds. The molecule has 0 atom stereocenters. The smallest absolute Gasteiger partial charge is 0.388 e. The van der Waals surface area contributed by atoms with Crippen molar-refractivity contribution in [3.63, 3.8) is 0 Å². The van der Waals surface area contributed by atoms with Gasteiger partial charge in [-0.1, -0.05) is 39.7 Å². The van der Waals surface area contributed by atoms with Crippen LogP contribution < -0.4 is 9.47 Å². The monoisotopic (exact) mass is 494 g/mol. The van der Waals surface area contributed by atoms with E-state index in [2.05, 4.69) is 20.0 Å². The molecule has 1 aromatic carbocycles. The molecule has 166 valence electrons. The zero-order valence-corrected chi connectivity index (χ0v) is 18.7. The average molecular weight is 495 g/mol. The summed E-state index contributed by atoms with van der Waals surface area (Å²) >= 11 is 13.5. The molecule has 0 saturated carbocycles. The van der Waals surface area contributed by atoms with E-state index in [9.17, 15) is 13.2 Å². The van der Waals surface area contributed by atoms with Gasteiger partial charge in [-0.25, -0.2) is 14.1 Å². The van der Waals surface area contributed by atoms with E-state index in [4.69, 9.17) is 32.8 Å². The molecule has 0 radical (unpaired) electrons. The van der Waals surface area contributed by atoms with Crippen LogP contribution in [0.2, 0.25) is 10.0 Å². The van der Waals surface area contributed by atoms with Gasteiger partial charge in [0.1, 0.15) is 34.6 Å². The Bertz CT molecular complexity index is 1120. The van der Waals surface area contributed by atoms with Crippen molar-refractivity contribution in [1.82, 2.24) is 14.8 Å². The minimum atomic E-state index is -3.12. The number of aromatic nitrogens is 3. The Morgan fingerprint density at radius 1 is 1.32 bits per heavy atom. The summed E-state index contributed by atoms with van der Waals surface area (Å²) in [6.45, 7) is 0.804. The number of oxime groups is 1. The Kier molecular flexibility index (Phi) is 7.29. The Hall–Kier alpha value is -2.50. The van der Waals surface area contributed by atoms with Gasteiger partial charge >= 0.3 is 6.61 Å². The molecule has 0 aliphatic carbocycles. The molecule has 2 aromatic heterocycles. The van der Waals surface area contributed by atoms with Crippen LogP contribution in [0.25, 0.3) is 11.3 Å². The molecule has 0 spiro atoms. The topological polar surface area (TPSA) is 70.8 Å². The summed E-state index contributed by atoms with van der Waals surface area (Å²) in [5, 5.41) is 8.46. The lowest BCUT2D eigenvalue weighted by Gasteiger charge is -2.09. The number of rotatable bonds is 8. The second kappa shape index (κ2) is 9.75. The molecule has 0 unspecified atom stereocenters. The number of benzene rings is 1. The maximum absolute atomic E-state index is 14.6. The van der Waals surface area contributed by atoms with Crippen LogP contribution in [0.3, 0.4) is 0 Å². The summed E-state index contributed by atoms with van der Waals surface area (Å²) in [5.74, 6) is -1.11. The third-order valence-electron chi connectivity index (χ3n) is 3.73. The van der Waals surface area contributed by atoms with Crippen LogP contribution in [0.5, 0.6) is 16.7 Å². The minimum absolute atomic E-state index is 0.0314. The van der Waals surface area contributed by atoms with Crippen LogP contribution in [-0.4, -0.2) is 34.2 Å². The molecule has 0 saturated heterocycles. The van der Waals surface area contributed by atoms with Gasteiger partial charge in [0.2, 0.25) is 10.9 Å². The lowest BCUT2D eigenvalue weighted by atomic mass is 10.1. The fourth-order valence-electron chi connectivity index (χ4n) is 2.50. The number of hydrogen-bond acceptors (Lipinski definition) is 7. The number of ether oxygens (including phenoxy) is 2. The van der Waals surface area contributed by atoms with Gasteiger partial charge in [-0.15, -0.1) is 0 Å². The Balaban J connectivity index is 2.01. The summed E-state index contributed by atoms with van der Waals surface area (Å²) in [5.41, 5.74) is 0.161. The molecule has 2 heterocycles. The quantitative estimate of drug-likeness (QED) is 0.281. The molecule has 13 heteroatoms. The molecule has 0 fully saturated rings. The second-order valence-corrected chi connectivity index (χ2v) is 7.84. The van der Waals surface area contributed by atoms with E-state index in [1.165, 1.54) is 30.7 Å². The van der Waals surface area contributed by atoms with Crippen molar-refractivity contribution in [2.45, 2.75) is 20.5 Å². The number of hydrogen-bond donors (Lipinski definition) is 0. The van der Waals surface area contributed by atoms with Gasteiger partial charge in [-0.05, 0) is 26.0 Å². The van der Waals surface area contributed by atoms with E-state index in [0.717, 1.165) is 10.7 Å². The predicted molar refractivity (Wildman–Crippen MR) is 111 cm³/mol. The van der Waals surface area contributed by atoms with Gasteiger partial charge in [0.05, 0.1) is 16.2 Å². The van der Waals surface area contributed by atoms with Crippen LogP contribution >= 0.6 is 34.5 Å². The number of alkyl halides is 2. The maximum Gasteiger partial charge on any atom is 0.388 e. The van der Waals surface area contributed by atoms with Gasteiger partial charge in [-0.2, -0.15) is 13.9 Å². The Labute approximate surface area is 188 Å². The number of aryl methyl sites for hydroxylation is 2. The van der Waals surface area contributed by atoms with E-state index in [1.54, 1.807) is 13.8 Å². The normalized spacial score (nSPS) is 11.5. The van der Waals surface area contributed by atoms with E-state index in [1.807, 2.05) is 0 Å². The third-order valence-corrected chi connectivity index (χ3v) is 5.23. The lowest BCUT2D eigenvalue weighted by molar-refractivity contribution is -0.0552. The van der Waals surface area contributed by atoms with E-state index in [-0.39, 0.29) is 27.1 Å². The zero-order chi connectivity index (χ0) is 22.7. The van der Waals surface area contributed by atoms with Crippen molar-refractivity contribution < 1.29 is 27.5 Å². The molecule has 3 rings (SSSR count). The highest BCUT2D eigenvalue weighted by Gasteiger charge is 2.24. The van der Waals surface area contributed by atoms with E-state index in [0.29, 0.717) is 22.4 Å². The van der Waals surface area contributed by atoms with Crippen LogP contribution in [0.1, 0.15) is 17.6 Å². The fourth-order valence-corrected chi connectivity index (χ4v) is 3.74. The van der Waals surface area contributed by atoms with Gasteiger partial charge < -0.3 is 14.3 Å². The van der Waals surface area contributed by atoms with Crippen molar-refractivity contribution in [2.24, 2.45) is 12.2 Å². The fraction of sp³-hybridized carbons (Fsp3) is 0.278. The molecular formula is C18H15Cl2F3N4O3S. The number of thiazole rings is 1. The van der Waals surface area contributed by atoms with Crippen molar-refractivity contribution >= 4 is 40.8 Å². The molecule has 0 N–H and O–H groups in total. The lowest BCUT2D eigenvalue weighted by Crippen LogP contribution is -2.06. The summed E-state index contributed by atoms with van der Waals surface area (Å²) in [7, 11) is 1.34. The maximum atomic E-state index is 14.6. The first kappa shape index (κ1) is 23.2. The Morgan fingerprint density at radius 2 is 2.06 bits per heavy atom. The largest absolute Gasteiger partial charge is 0.443 e. The third kappa shape index (κ3) is 5.23. The SMILES string of the molecule is CCON=Cc1nc(C)sc1Oc1cc(-c2nn(C)c(OC(F)F)c2Cl)c(F)cc1Cl. The highest BCUT2D eigenvalue weighted by atomic mass is 35.5. The number of halogens is 5. The molecule has 31 heavy (non-hydrogen) atoms. The summed E-state index contributed by atoms with van der Waals surface area (Å²) in [4.78, 5) is 9.22. The van der Waals surface area contributed by atoms with Gasteiger partial charge in [0.15, 0.2) is 0 Å². The molecule has 0 aliphatic heterocycles. The van der Waals surface area contributed by atoms with Crippen LogP contribution in [0.15, 0.2) is 17.3 Å². The highest BCUT2D eigenvalue weighted by Crippen LogP contribution is 2.42. The first-order valence-electron chi connectivity index (χ1n) is 8.68. The molecule has 0 bridgehead atoms. The summed E-state index contributed by atoms with van der Waals surface area (Å²) in [6.07, 6.45) is 1.38. The molecule has 0 aliphatic rings. The average Bonchev–Trinajstić information content (AvgIpc) is 3.17. The number of nitrogens with zero attached hydrogens (tertiary/aromatic N) is 4. The van der Waals surface area contributed by atoms with Crippen molar-refractivity contribution in [3.8, 4) is 28.0 Å². The van der Waals surface area contributed by atoms with Crippen LogP contribution in [0, 0.1) is 12.7 Å². The molecule has 3 aromatic rings. The summed E-state index contributed by atoms with van der Waals surface area (Å²) < 4.78 is 51.1. The molecule has 7 nitrogen and oxygen atoms in total. The standard InChI is InChI=1S/C18H15Cl2F3N4O3S/c1-4-28-24-7-12-17(31-8(2)25-12)29-13-5-9(11(21)6-10(13)19)15-14(20)16(27(3)26-15)30-18(22)23/h5-7,18H,4H2,1-3H3. The van der Waals surface area contributed by atoms with Crippen LogP contribution in [0.4, 0.5) is 13.2 Å².